The van der Waals surface area contributed by atoms with Gasteiger partial charge in [-0.05, 0) is 19.4 Å². The zero-order chi connectivity index (χ0) is 32.0. The van der Waals surface area contributed by atoms with Crippen molar-refractivity contribution in [1.82, 2.24) is 10.6 Å². The number of aliphatic hydroxyl groups is 8. The number of nitrogens with two attached hydrogens (primary N) is 5. The molecule has 17 atom stereocenters. The summed E-state index contributed by atoms with van der Waals surface area (Å²) in [6.45, 7) is -0.149. The molecule has 0 amide bonds. The minimum absolute atomic E-state index is 0.0187. The fourth-order valence-electron chi connectivity index (χ4n) is 6.08. The summed E-state index contributed by atoms with van der Waals surface area (Å²) in [5.41, 5.74) is 29.8. The molecule has 2 saturated heterocycles. The van der Waals surface area contributed by atoms with Crippen LogP contribution in [0.15, 0.2) is 0 Å². The molecule has 43 heavy (non-hydrogen) atoms. The van der Waals surface area contributed by atoms with Gasteiger partial charge in [0.1, 0.15) is 36.6 Å². The Kier molecular flexibility index (Phi) is 14.3. The highest BCUT2D eigenvalue weighted by atomic mass is 16.7. The van der Waals surface area contributed by atoms with Gasteiger partial charge in [-0.1, -0.05) is 0 Å². The van der Waals surface area contributed by atoms with Crippen LogP contribution in [0, 0.1) is 5.92 Å². The molecule has 1 aliphatic carbocycles. The number of rotatable bonds is 14. The third-order valence-electron chi connectivity index (χ3n) is 8.71. The van der Waals surface area contributed by atoms with Crippen molar-refractivity contribution in [1.29, 1.82) is 0 Å². The Morgan fingerprint density at radius 3 is 2.14 bits per heavy atom. The summed E-state index contributed by atoms with van der Waals surface area (Å²) in [6.07, 6.45) is -14.2. The summed E-state index contributed by atoms with van der Waals surface area (Å²) < 4.78 is 17.8. The fourth-order valence-corrected chi connectivity index (χ4v) is 6.08. The molecule has 17 unspecified atom stereocenters. The summed E-state index contributed by atoms with van der Waals surface area (Å²) in [6, 6.07) is -3.90. The Morgan fingerprint density at radius 2 is 1.51 bits per heavy atom. The lowest BCUT2D eigenvalue weighted by Gasteiger charge is -2.52. The maximum atomic E-state index is 11.7. The Balaban J connectivity index is 1.83. The zero-order valence-electron chi connectivity index (χ0n) is 24.2. The van der Waals surface area contributed by atoms with Crippen LogP contribution in [0.4, 0.5) is 0 Å². The first-order valence-electron chi connectivity index (χ1n) is 14.8. The van der Waals surface area contributed by atoms with Gasteiger partial charge >= 0.3 is 0 Å². The van der Waals surface area contributed by atoms with E-state index in [1.807, 2.05) is 0 Å². The van der Waals surface area contributed by atoms with E-state index in [-0.39, 0.29) is 32.6 Å². The lowest BCUT2D eigenvalue weighted by molar-refractivity contribution is -0.308. The Labute approximate surface area is 250 Å². The van der Waals surface area contributed by atoms with Gasteiger partial charge in [0.05, 0.1) is 49.2 Å². The molecule has 2 heterocycles. The summed E-state index contributed by atoms with van der Waals surface area (Å²) in [4.78, 5) is 0. The summed E-state index contributed by atoms with van der Waals surface area (Å²) in [5.74, 6) is -0.960. The van der Waals surface area contributed by atoms with Crippen molar-refractivity contribution >= 4 is 0 Å². The highest BCUT2D eigenvalue weighted by Crippen LogP contribution is 2.36. The van der Waals surface area contributed by atoms with Crippen LogP contribution < -0.4 is 39.3 Å². The largest absolute Gasteiger partial charge is 0.394 e. The van der Waals surface area contributed by atoms with E-state index in [0.717, 1.165) is 0 Å². The quantitative estimate of drug-likeness (QED) is 0.0849. The van der Waals surface area contributed by atoms with Gasteiger partial charge in [-0.2, -0.15) is 0 Å². The average Bonchev–Trinajstić information content (AvgIpc) is 2.98. The number of hydrogen-bond donors (Lipinski definition) is 15. The van der Waals surface area contributed by atoms with Crippen molar-refractivity contribution in [2.75, 3.05) is 39.3 Å². The van der Waals surface area contributed by atoms with Crippen LogP contribution in [-0.2, 0) is 14.2 Å². The summed E-state index contributed by atoms with van der Waals surface area (Å²) in [5, 5.41) is 89.8. The van der Waals surface area contributed by atoms with E-state index in [4.69, 9.17) is 42.9 Å². The summed E-state index contributed by atoms with van der Waals surface area (Å²) >= 11 is 0. The van der Waals surface area contributed by atoms with Crippen molar-refractivity contribution in [3.05, 3.63) is 0 Å². The third kappa shape index (κ3) is 8.76. The van der Waals surface area contributed by atoms with E-state index in [9.17, 15) is 40.9 Å². The van der Waals surface area contributed by atoms with Gasteiger partial charge in [-0.25, -0.2) is 0 Å². The second-order valence-electron chi connectivity index (χ2n) is 11.8. The van der Waals surface area contributed by atoms with Crippen molar-refractivity contribution in [2.45, 2.75) is 110 Å². The van der Waals surface area contributed by atoms with Gasteiger partial charge < -0.3 is 94.4 Å². The van der Waals surface area contributed by atoms with Crippen LogP contribution in [0.5, 0.6) is 0 Å². The van der Waals surface area contributed by atoms with E-state index in [1.165, 1.54) is 0 Å². The van der Waals surface area contributed by atoms with Crippen LogP contribution in [-0.4, -0.2) is 178 Å². The second kappa shape index (κ2) is 16.7. The van der Waals surface area contributed by atoms with Gasteiger partial charge in [-0.3, -0.25) is 0 Å². The molecule has 0 radical (unpaired) electrons. The second-order valence-corrected chi connectivity index (χ2v) is 11.8. The zero-order valence-corrected chi connectivity index (χ0v) is 24.2. The molecule has 0 aromatic carbocycles. The fraction of sp³-hybridized carbons (Fsp3) is 1.00. The van der Waals surface area contributed by atoms with Crippen molar-refractivity contribution in [2.24, 2.45) is 34.6 Å². The molecule has 3 rings (SSSR count). The topological polar surface area (TPSA) is 344 Å². The number of ether oxygens (including phenoxy) is 3. The van der Waals surface area contributed by atoms with Crippen LogP contribution >= 0.6 is 0 Å². The molecular formula is C25H53N7O11. The van der Waals surface area contributed by atoms with E-state index >= 15 is 0 Å². The summed E-state index contributed by atoms with van der Waals surface area (Å²) in [7, 11) is 0. The van der Waals surface area contributed by atoms with Gasteiger partial charge in [0.25, 0.3) is 0 Å². The van der Waals surface area contributed by atoms with Crippen LogP contribution in [0.2, 0.25) is 0 Å². The minimum atomic E-state index is -1.54. The molecular weight excluding hydrogens is 574 g/mol. The van der Waals surface area contributed by atoms with E-state index in [0.29, 0.717) is 13.0 Å². The van der Waals surface area contributed by atoms with Crippen LogP contribution in [0.3, 0.4) is 0 Å². The van der Waals surface area contributed by atoms with E-state index < -0.39 is 110 Å². The lowest BCUT2D eigenvalue weighted by atomic mass is 9.71. The SMILES string of the molecule is NCCC(O)CNCC1OC(C2C(N)CC(NCC(O)CN)C(OC3OC(CO)C(O)C(N)C3O)C2O)C(N)C(O)C1O. The monoisotopic (exact) mass is 627 g/mol. The van der Waals surface area contributed by atoms with Gasteiger partial charge in [-0.15, -0.1) is 0 Å². The van der Waals surface area contributed by atoms with Crippen molar-refractivity contribution in [3.63, 3.8) is 0 Å². The molecule has 18 nitrogen and oxygen atoms in total. The molecule has 254 valence electrons. The normalized spacial score (nSPS) is 45.6. The molecule has 18 heteroatoms. The predicted molar refractivity (Wildman–Crippen MR) is 151 cm³/mol. The first-order valence-corrected chi connectivity index (χ1v) is 14.8. The number of aliphatic hydroxyl groups excluding tert-OH is 8. The molecule has 0 aromatic heterocycles. The number of nitrogens with one attached hydrogen (secondary N) is 2. The van der Waals surface area contributed by atoms with Gasteiger partial charge in [0.2, 0.25) is 0 Å². The van der Waals surface area contributed by atoms with Crippen molar-refractivity contribution in [3.8, 4) is 0 Å². The molecule has 0 spiro atoms. The van der Waals surface area contributed by atoms with E-state index in [1.54, 1.807) is 0 Å². The van der Waals surface area contributed by atoms with Gasteiger partial charge in [0, 0.05) is 44.2 Å². The first kappa shape index (κ1) is 36.7. The molecule has 20 N–H and O–H groups in total. The standard InChI is InChI=1S/C25H53N7O11/c26-2-1-9(34)5-31-7-13-19(37)21(39)17(30)24(41-13)15-11(28)3-12(32-6-10(35)4-27)23(20(15)38)43-25-22(40)16(29)18(36)14(8-33)42-25/h9-25,31-40H,1-8,26-30H2. The first-order chi connectivity index (χ1) is 20.4. The average molecular weight is 628 g/mol. The smallest absolute Gasteiger partial charge is 0.186 e. The molecule has 1 saturated carbocycles. The van der Waals surface area contributed by atoms with Crippen molar-refractivity contribution < 1.29 is 55.1 Å². The minimum Gasteiger partial charge on any atom is -0.394 e. The maximum absolute atomic E-state index is 11.7. The Bertz CT molecular complexity index is 826. The van der Waals surface area contributed by atoms with Crippen LogP contribution in [0.25, 0.3) is 0 Å². The number of hydrogen-bond acceptors (Lipinski definition) is 18. The third-order valence-corrected chi connectivity index (χ3v) is 8.71. The van der Waals surface area contributed by atoms with Gasteiger partial charge in [0.15, 0.2) is 6.29 Å². The molecule has 3 fully saturated rings. The molecule has 2 aliphatic heterocycles. The Morgan fingerprint density at radius 1 is 0.814 bits per heavy atom. The lowest BCUT2D eigenvalue weighted by Crippen LogP contribution is -2.72. The highest BCUT2D eigenvalue weighted by molar-refractivity contribution is 5.08. The molecule has 3 aliphatic rings. The predicted octanol–water partition coefficient (Wildman–Crippen LogP) is -8.76. The maximum Gasteiger partial charge on any atom is 0.186 e. The van der Waals surface area contributed by atoms with Crippen LogP contribution in [0.1, 0.15) is 12.8 Å². The molecule has 0 aromatic rings. The highest BCUT2D eigenvalue weighted by Gasteiger charge is 2.55. The molecule has 0 bridgehead atoms. The van der Waals surface area contributed by atoms with E-state index in [2.05, 4.69) is 10.6 Å². The Hall–Kier alpha value is -0.720.